The van der Waals surface area contributed by atoms with E-state index in [2.05, 4.69) is 25.9 Å². The fourth-order valence-electron chi connectivity index (χ4n) is 1.79. The lowest BCUT2D eigenvalue weighted by molar-refractivity contribution is -0.122. The summed E-state index contributed by atoms with van der Waals surface area (Å²) in [4.78, 5) is 25.4. The molecule has 0 aliphatic heterocycles. The summed E-state index contributed by atoms with van der Waals surface area (Å²) in [5.74, 6) is -0.113. The Balaban J connectivity index is 1.89. The molecule has 21 heavy (non-hydrogen) atoms. The summed E-state index contributed by atoms with van der Waals surface area (Å²) >= 11 is 0. The fraction of sp³-hybridized carbons (Fsp3) is 0.308. The Morgan fingerprint density at radius 3 is 2.67 bits per heavy atom. The second-order valence-corrected chi connectivity index (χ2v) is 4.59. The summed E-state index contributed by atoms with van der Waals surface area (Å²) in [5.41, 5.74) is 0.541. The third kappa shape index (κ3) is 3.85. The number of tetrazole rings is 1. The second kappa shape index (κ2) is 6.60. The number of rotatable bonds is 5. The van der Waals surface area contributed by atoms with Crippen LogP contribution in [-0.2, 0) is 4.79 Å². The van der Waals surface area contributed by atoms with Crippen molar-refractivity contribution in [2.75, 3.05) is 13.6 Å². The molecule has 0 aliphatic rings. The van der Waals surface area contributed by atoms with Crippen molar-refractivity contribution in [3.8, 4) is 0 Å². The van der Waals surface area contributed by atoms with Gasteiger partial charge in [0, 0.05) is 12.6 Å². The number of nitrogens with one attached hydrogen (secondary N) is 2. The molecule has 1 aromatic carbocycles. The monoisotopic (exact) mass is 288 g/mol. The molecule has 1 unspecified atom stereocenters. The molecular formula is C13H16N6O2. The van der Waals surface area contributed by atoms with Gasteiger partial charge in [-0.1, -0.05) is 23.4 Å². The Kier molecular flexibility index (Phi) is 4.60. The van der Waals surface area contributed by atoms with E-state index < -0.39 is 0 Å². The van der Waals surface area contributed by atoms with Gasteiger partial charge in [0.25, 0.3) is 5.91 Å². The Labute approximate surface area is 121 Å². The number of carbonyl (C=O) groups is 2. The normalized spacial score (nSPS) is 11.7. The zero-order valence-electron chi connectivity index (χ0n) is 11.8. The highest BCUT2D eigenvalue weighted by atomic mass is 16.2. The number of hydrogen-bond donors (Lipinski definition) is 2. The van der Waals surface area contributed by atoms with Crippen molar-refractivity contribution in [1.82, 2.24) is 30.8 Å². The first-order chi connectivity index (χ1) is 10.1. The van der Waals surface area contributed by atoms with Gasteiger partial charge in [-0.3, -0.25) is 9.59 Å². The van der Waals surface area contributed by atoms with E-state index in [-0.39, 0.29) is 24.4 Å². The van der Waals surface area contributed by atoms with Gasteiger partial charge in [-0.25, -0.2) is 0 Å². The number of aromatic amines is 1. The molecule has 8 heteroatoms. The molecule has 0 saturated carbocycles. The smallest absolute Gasteiger partial charge is 0.254 e. The molecule has 1 aromatic heterocycles. The molecule has 0 bridgehead atoms. The van der Waals surface area contributed by atoms with Gasteiger partial charge in [-0.2, -0.15) is 5.21 Å². The first-order valence-electron chi connectivity index (χ1n) is 6.41. The molecule has 0 fully saturated rings. The van der Waals surface area contributed by atoms with E-state index in [0.29, 0.717) is 11.4 Å². The lowest BCUT2D eigenvalue weighted by atomic mass is 10.2. The van der Waals surface area contributed by atoms with Crippen LogP contribution in [0.25, 0.3) is 0 Å². The highest BCUT2D eigenvalue weighted by Crippen LogP contribution is 2.05. The number of likely N-dealkylation sites (N-methyl/N-ethyl adjacent to an activating group) is 1. The van der Waals surface area contributed by atoms with Crippen LogP contribution < -0.4 is 5.32 Å². The van der Waals surface area contributed by atoms with Gasteiger partial charge in [0.05, 0.1) is 12.6 Å². The van der Waals surface area contributed by atoms with E-state index in [0.717, 1.165) is 0 Å². The number of amides is 2. The summed E-state index contributed by atoms with van der Waals surface area (Å²) in [5, 5.41) is 16.0. The number of aromatic nitrogens is 4. The molecule has 2 rings (SSSR count). The zero-order chi connectivity index (χ0) is 15.2. The third-order valence-corrected chi connectivity index (χ3v) is 2.87. The number of benzene rings is 1. The van der Waals surface area contributed by atoms with Crippen molar-refractivity contribution < 1.29 is 9.59 Å². The van der Waals surface area contributed by atoms with E-state index >= 15 is 0 Å². The van der Waals surface area contributed by atoms with Gasteiger partial charge in [0.1, 0.15) is 0 Å². The Morgan fingerprint density at radius 2 is 2.05 bits per heavy atom. The molecule has 0 aliphatic carbocycles. The average molecular weight is 288 g/mol. The van der Waals surface area contributed by atoms with Crippen LogP contribution in [0.2, 0.25) is 0 Å². The quantitative estimate of drug-likeness (QED) is 0.815. The van der Waals surface area contributed by atoms with Gasteiger partial charge in [0.2, 0.25) is 5.91 Å². The van der Waals surface area contributed by atoms with Gasteiger partial charge in [0.15, 0.2) is 5.82 Å². The highest BCUT2D eigenvalue weighted by molar-refractivity contribution is 5.96. The van der Waals surface area contributed by atoms with Crippen molar-refractivity contribution >= 4 is 11.8 Å². The summed E-state index contributed by atoms with van der Waals surface area (Å²) in [6.07, 6.45) is 0. The number of carbonyl (C=O) groups excluding carboxylic acids is 2. The average Bonchev–Trinajstić information content (AvgIpc) is 3.01. The maximum absolute atomic E-state index is 12.1. The predicted molar refractivity (Wildman–Crippen MR) is 74.1 cm³/mol. The van der Waals surface area contributed by atoms with E-state index in [4.69, 9.17) is 0 Å². The molecule has 1 atom stereocenters. The summed E-state index contributed by atoms with van der Waals surface area (Å²) in [7, 11) is 1.58. The predicted octanol–water partition coefficient (Wildman–Crippen LogP) is 0.149. The van der Waals surface area contributed by atoms with Crippen LogP contribution in [0.4, 0.5) is 0 Å². The topological polar surface area (TPSA) is 104 Å². The minimum Gasteiger partial charge on any atom is -0.345 e. The van der Waals surface area contributed by atoms with Gasteiger partial charge in [-0.05, 0) is 19.1 Å². The van der Waals surface area contributed by atoms with Crippen LogP contribution in [0, 0.1) is 0 Å². The molecule has 8 nitrogen and oxygen atoms in total. The Hall–Kier alpha value is -2.77. The molecule has 110 valence electrons. The van der Waals surface area contributed by atoms with E-state index in [1.165, 1.54) is 4.90 Å². The van der Waals surface area contributed by atoms with Crippen LogP contribution in [0.1, 0.15) is 29.1 Å². The molecule has 2 amide bonds. The summed E-state index contributed by atoms with van der Waals surface area (Å²) < 4.78 is 0. The van der Waals surface area contributed by atoms with Crippen LogP contribution in [0.5, 0.6) is 0 Å². The van der Waals surface area contributed by atoms with Crippen molar-refractivity contribution in [3.63, 3.8) is 0 Å². The largest absolute Gasteiger partial charge is 0.345 e. The molecular weight excluding hydrogens is 272 g/mol. The standard InChI is InChI=1S/C13H16N6O2/c1-9(12-15-17-18-16-12)14-11(20)8-19(2)13(21)10-6-4-3-5-7-10/h3-7,9H,8H2,1-2H3,(H,14,20)(H,15,16,17,18). The number of hydrogen-bond acceptors (Lipinski definition) is 5. The highest BCUT2D eigenvalue weighted by Gasteiger charge is 2.17. The first-order valence-corrected chi connectivity index (χ1v) is 6.41. The lowest BCUT2D eigenvalue weighted by Crippen LogP contribution is -2.39. The van der Waals surface area contributed by atoms with Crippen LogP contribution in [0.3, 0.4) is 0 Å². The molecule has 1 heterocycles. The van der Waals surface area contributed by atoms with E-state index in [9.17, 15) is 9.59 Å². The minimum atomic E-state index is -0.378. The minimum absolute atomic E-state index is 0.0457. The van der Waals surface area contributed by atoms with Crippen molar-refractivity contribution in [1.29, 1.82) is 0 Å². The van der Waals surface area contributed by atoms with Crippen LogP contribution >= 0.6 is 0 Å². The van der Waals surface area contributed by atoms with Gasteiger partial charge < -0.3 is 10.2 Å². The van der Waals surface area contributed by atoms with Crippen molar-refractivity contribution in [2.45, 2.75) is 13.0 Å². The SMILES string of the molecule is CC(NC(=O)CN(C)C(=O)c1ccccc1)c1nn[nH]n1. The Bertz CT molecular complexity index is 598. The first kappa shape index (κ1) is 14.6. The maximum atomic E-state index is 12.1. The zero-order valence-corrected chi connectivity index (χ0v) is 11.8. The summed E-state index contributed by atoms with van der Waals surface area (Å²) in [6, 6.07) is 8.42. The lowest BCUT2D eigenvalue weighted by Gasteiger charge is -2.18. The molecule has 0 radical (unpaired) electrons. The molecule has 0 spiro atoms. The van der Waals surface area contributed by atoms with Crippen LogP contribution in [-0.4, -0.2) is 50.9 Å². The Morgan fingerprint density at radius 1 is 1.33 bits per heavy atom. The maximum Gasteiger partial charge on any atom is 0.254 e. The molecule has 2 aromatic rings. The molecule has 2 N–H and O–H groups in total. The van der Waals surface area contributed by atoms with Gasteiger partial charge >= 0.3 is 0 Å². The summed E-state index contributed by atoms with van der Waals surface area (Å²) in [6.45, 7) is 1.69. The fourth-order valence-corrected chi connectivity index (χ4v) is 1.79. The van der Waals surface area contributed by atoms with E-state index in [1.54, 1.807) is 38.2 Å². The second-order valence-electron chi connectivity index (χ2n) is 4.59. The number of H-pyrrole nitrogens is 1. The third-order valence-electron chi connectivity index (χ3n) is 2.87. The van der Waals surface area contributed by atoms with Crippen LogP contribution in [0.15, 0.2) is 30.3 Å². The van der Waals surface area contributed by atoms with Gasteiger partial charge in [-0.15, -0.1) is 10.2 Å². The molecule has 0 saturated heterocycles. The van der Waals surface area contributed by atoms with Crippen molar-refractivity contribution in [3.05, 3.63) is 41.7 Å². The number of nitrogens with zero attached hydrogens (tertiary/aromatic N) is 4. The van der Waals surface area contributed by atoms with E-state index in [1.807, 2.05) is 6.07 Å². The van der Waals surface area contributed by atoms with Crippen molar-refractivity contribution in [2.24, 2.45) is 0 Å².